The Morgan fingerprint density at radius 1 is 1.44 bits per heavy atom. The van der Waals surface area contributed by atoms with Crippen molar-refractivity contribution in [3.63, 3.8) is 0 Å². The van der Waals surface area contributed by atoms with E-state index in [1.807, 2.05) is 4.52 Å². The highest BCUT2D eigenvalue weighted by atomic mass is 15.3. The Labute approximate surface area is 95.7 Å². The molecule has 0 radical (unpaired) electrons. The normalized spacial score (nSPS) is 13.2. The lowest BCUT2D eigenvalue weighted by molar-refractivity contribution is 0.553. The lowest BCUT2D eigenvalue weighted by Gasteiger charge is -2.13. The summed E-state index contributed by atoms with van der Waals surface area (Å²) in [5.41, 5.74) is 3.37. The third kappa shape index (κ3) is 2.22. The summed E-state index contributed by atoms with van der Waals surface area (Å²) in [6, 6.07) is 4.68. The number of hydrogen-bond donors (Lipinski definition) is 1. The molecule has 0 amide bonds. The van der Waals surface area contributed by atoms with Gasteiger partial charge in [-0.15, -0.1) is 0 Å². The Morgan fingerprint density at radius 2 is 2.25 bits per heavy atom. The van der Waals surface area contributed by atoms with Gasteiger partial charge in [-0.3, -0.25) is 0 Å². The van der Waals surface area contributed by atoms with E-state index in [-0.39, 0.29) is 0 Å². The lowest BCUT2D eigenvalue weighted by Crippen LogP contribution is -2.28. The van der Waals surface area contributed by atoms with Crippen LogP contribution in [0.25, 0.3) is 5.65 Å². The Hall–Kier alpha value is -1.42. The molecule has 2 aromatic rings. The van der Waals surface area contributed by atoms with Gasteiger partial charge in [0.25, 0.3) is 0 Å². The van der Waals surface area contributed by atoms with Gasteiger partial charge in [-0.25, -0.2) is 9.50 Å². The first-order chi connectivity index (χ1) is 7.70. The Balaban J connectivity index is 2.31. The van der Waals surface area contributed by atoms with Crippen molar-refractivity contribution in [1.29, 1.82) is 0 Å². The zero-order valence-corrected chi connectivity index (χ0v) is 10.1. The second-order valence-corrected chi connectivity index (χ2v) is 4.22. The van der Waals surface area contributed by atoms with Crippen LogP contribution in [0.15, 0.2) is 18.5 Å². The summed E-state index contributed by atoms with van der Waals surface area (Å²) in [5, 5.41) is 7.66. The summed E-state index contributed by atoms with van der Waals surface area (Å²) < 4.78 is 1.92. The van der Waals surface area contributed by atoms with Gasteiger partial charge in [-0.1, -0.05) is 6.92 Å². The number of fused-ring (bicyclic) bond motifs is 1. The molecular formula is C12H18N4. The van der Waals surface area contributed by atoms with Gasteiger partial charge < -0.3 is 5.32 Å². The molecule has 0 saturated heterocycles. The molecular weight excluding hydrogens is 200 g/mol. The number of likely N-dealkylation sites (N-methyl/N-ethyl adjacent to an activating group) is 1. The van der Waals surface area contributed by atoms with E-state index in [9.17, 15) is 0 Å². The van der Waals surface area contributed by atoms with Gasteiger partial charge in [-0.05, 0) is 38.1 Å². The molecule has 0 fully saturated rings. The number of nitrogens with one attached hydrogen (secondary N) is 1. The molecule has 16 heavy (non-hydrogen) atoms. The third-order valence-electron chi connectivity index (χ3n) is 2.67. The third-order valence-corrected chi connectivity index (χ3v) is 2.67. The van der Waals surface area contributed by atoms with Crippen molar-refractivity contribution in [2.75, 3.05) is 6.54 Å². The molecule has 0 saturated carbocycles. The van der Waals surface area contributed by atoms with Gasteiger partial charge in [0.2, 0.25) is 0 Å². The highest BCUT2D eigenvalue weighted by Gasteiger charge is 2.07. The van der Waals surface area contributed by atoms with Crippen LogP contribution in [-0.4, -0.2) is 27.2 Å². The van der Waals surface area contributed by atoms with E-state index in [2.05, 4.69) is 48.3 Å². The van der Waals surface area contributed by atoms with E-state index < -0.39 is 0 Å². The highest BCUT2D eigenvalue weighted by molar-refractivity contribution is 5.41. The predicted octanol–water partition coefficient (Wildman–Crippen LogP) is 1.58. The van der Waals surface area contributed by atoms with Crippen molar-refractivity contribution in [3.05, 3.63) is 29.7 Å². The molecule has 1 atom stereocenters. The molecule has 86 valence electrons. The molecule has 2 aromatic heterocycles. The second kappa shape index (κ2) is 4.61. The Kier molecular flexibility index (Phi) is 3.19. The minimum absolute atomic E-state index is 0.458. The second-order valence-electron chi connectivity index (χ2n) is 4.22. The van der Waals surface area contributed by atoms with Crippen molar-refractivity contribution in [2.45, 2.75) is 33.2 Å². The van der Waals surface area contributed by atoms with Crippen LogP contribution in [0.5, 0.6) is 0 Å². The van der Waals surface area contributed by atoms with Crippen LogP contribution in [0.4, 0.5) is 0 Å². The highest BCUT2D eigenvalue weighted by Crippen LogP contribution is 2.10. The zero-order chi connectivity index (χ0) is 11.5. The summed E-state index contributed by atoms with van der Waals surface area (Å²) in [5.74, 6) is 0. The first kappa shape index (κ1) is 11.1. The summed E-state index contributed by atoms with van der Waals surface area (Å²) in [7, 11) is 0. The molecule has 4 nitrogen and oxygen atoms in total. The topological polar surface area (TPSA) is 42.2 Å². The van der Waals surface area contributed by atoms with Crippen LogP contribution >= 0.6 is 0 Å². The monoisotopic (exact) mass is 218 g/mol. The van der Waals surface area contributed by atoms with Crippen molar-refractivity contribution in [2.24, 2.45) is 0 Å². The Bertz CT molecular complexity index is 475. The fourth-order valence-electron chi connectivity index (χ4n) is 2.02. The van der Waals surface area contributed by atoms with Crippen molar-refractivity contribution < 1.29 is 0 Å². The Morgan fingerprint density at radius 3 is 3.00 bits per heavy atom. The number of rotatable bonds is 4. The quantitative estimate of drug-likeness (QED) is 0.847. The maximum atomic E-state index is 4.25. The van der Waals surface area contributed by atoms with E-state index in [1.54, 1.807) is 6.33 Å². The molecule has 2 heterocycles. The van der Waals surface area contributed by atoms with E-state index in [0.29, 0.717) is 6.04 Å². The number of aromatic nitrogens is 3. The van der Waals surface area contributed by atoms with Gasteiger partial charge >= 0.3 is 0 Å². The number of pyridine rings is 1. The average molecular weight is 218 g/mol. The lowest BCUT2D eigenvalue weighted by atomic mass is 10.1. The maximum absolute atomic E-state index is 4.25. The molecule has 0 aromatic carbocycles. The van der Waals surface area contributed by atoms with Crippen molar-refractivity contribution >= 4 is 5.65 Å². The smallest absolute Gasteiger partial charge is 0.155 e. The molecule has 0 aliphatic carbocycles. The van der Waals surface area contributed by atoms with Crippen LogP contribution in [0.3, 0.4) is 0 Å². The SMILES string of the molecule is CCNC(C)Cc1cc(C)cc2ncnn12. The fraction of sp³-hybridized carbons (Fsp3) is 0.500. The van der Waals surface area contributed by atoms with Gasteiger partial charge in [-0.2, -0.15) is 5.10 Å². The number of aryl methyl sites for hydroxylation is 1. The first-order valence-corrected chi connectivity index (χ1v) is 5.73. The molecule has 0 spiro atoms. The van der Waals surface area contributed by atoms with Gasteiger partial charge in [0.15, 0.2) is 5.65 Å². The summed E-state index contributed by atoms with van der Waals surface area (Å²) in [6.07, 6.45) is 2.57. The van der Waals surface area contributed by atoms with Gasteiger partial charge in [0, 0.05) is 18.2 Å². The summed E-state index contributed by atoms with van der Waals surface area (Å²) in [4.78, 5) is 4.22. The molecule has 0 aliphatic heterocycles. The average Bonchev–Trinajstić information content (AvgIpc) is 2.65. The maximum Gasteiger partial charge on any atom is 0.155 e. The molecule has 2 rings (SSSR count). The molecule has 1 N–H and O–H groups in total. The largest absolute Gasteiger partial charge is 0.314 e. The standard InChI is InChI=1S/C12H18N4/c1-4-13-10(3)7-11-5-9(2)6-12-14-8-15-16(11)12/h5-6,8,10,13H,4,7H2,1-3H3. The van der Waals surface area contributed by atoms with Gasteiger partial charge in [0.05, 0.1) is 0 Å². The van der Waals surface area contributed by atoms with Crippen LogP contribution in [0.2, 0.25) is 0 Å². The van der Waals surface area contributed by atoms with Crippen LogP contribution in [0, 0.1) is 6.92 Å². The van der Waals surface area contributed by atoms with Crippen LogP contribution < -0.4 is 5.32 Å². The summed E-state index contributed by atoms with van der Waals surface area (Å²) >= 11 is 0. The fourth-order valence-corrected chi connectivity index (χ4v) is 2.02. The van der Waals surface area contributed by atoms with Gasteiger partial charge in [0.1, 0.15) is 6.33 Å². The zero-order valence-electron chi connectivity index (χ0n) is 10.1. The van der Waals surface area contributed by atoms with Crippen LogP contribution in [-0.2, 0) is 6.42 Å². The number of hydrogen-bond acceptors (Lipinski definition) is 3. The predicted molar refractivity (Wildman–Crippen MR) is 64.6 cm³/mol. The minimum atomic E-state index is 0.458. The molecule has 0 bridgehead atoms. The van der Waals surface area contributed by atoms with E-state index in [4.69, 9.17) is 0 Å². The molecule has 4 heteroatoms. The molecule has 1 unspecified atom stereocenters. The van der Waals surface area contributed by atoms with Crippen molar-refractivity contribution in [1.82, 2.24) is 19.9 Å². The summed E-state index contributed by atoms with van der Waals surface area (Å²) in [6.45, 7) is 7.40. The van der Waals surface area contributed by atoms with E-state index in [1.165, 1.54) is 11.3 Å². The van der Waals surface area contributed by atoms with E-state index >= 15 is 0 Å². The number of nitrogens with zero attached hydrogens (tertiary/aromatic N) is 3. The minimum Gasteiger partial charge on any atom is -0.314 e. The first-order valence-electron chi connectivity index (χ1n) is 5.73. The molecule has 0 aliphatic rings. The van der Waals surface area contributed by atoms with Crippen LogP contribution in [0.1, 0.15) is 25.1 Å². The van der Waals surface area contributed by atoms with E-state index in [0.717, 1.165) is 18.6 Å². The van der Waals surface area contributed by atoms with Crippen molar-refractivity contribution in [3.8, 4) is 0 Å².